The van der Waals surface area contributed by atoms with Crippen LogP contribution in [0.2, 0.25) is 0 Å². The molecule has 3 rings (SSSR count). The summed E-state index contributed by atoms with van der Waals surface area (Å²) < 4.78 is 25.6. The van der Waals surface area contributed by atoms with E-state index in [9.17, 15) is 14.0 Å². The molecule has 30 heavy (non-hydrogen) atoms. The van der Waals surface area contributed by atoms with Gasteiger partial charge in [0.05, 0.1) is 12.2 Å². The molecule has 0 atom stereocenters. The van der Waals surface area contributed by atoms with E-state index in [0.29, 0.717) is 29.3 Å². The molecular formula is C23H23FN2O4. The zero-order chi connectivity index (χ0) is 21.7. The molecule has 2 aromatic carbocycles. The summed E-state index contributed by atoms with van der Waals surface area (Å²) in [4.78, 5) is 24.6. The highest BCUT2D eigenvalue weighted by molar-refractivity contribution is 5.96. The number of carbonyl (C=O) groups excluding carboxylic acids is 2. The van der Waals surface area contributed by atoms with Gasteiger partial charge in [0.15, 0.2) is 6.61 Å². The Hall–Kier alpha value is -3.61. The van der Waals surface area contributed by atoms with Crippen LogP contribution in [0.3, 0.4) is 0 Å². The Labute approximate surface area is 174 Å². The van der Waals surface area contributed by atoms with Crippen molar-refractivity contribution in [3.63, 3.8) is 0 Å². The van der Waals surface area contributed by atoms with Gasteiger partial charge in [-0.25, -0.2) is 9.18 Å². The van der Waals surface area contributed by atoms with Gasteiger partial charge in [-0.3, -0.25) is 4.79 Å². The van der Waals surface area contributed by atoms with Crippen LogP contribution in [0, 0.1) is 19.7 Å². The minimum Gasteiger partial charge on any atom is -0.494 e. The number of amides is 1. The lowest BCUT2D eigenvalue weighted by Crippen LogP contribution is -2.21. The van der Waals surface area contributed by atoms with Gasteiger partial charge in [0.2, 0.25) is 0 Å². The normalized spacial score (nSPS) is 10.5. The quantitative estimate of drug-likeness (QED) is 0.585. The number of benzene rings is 2. The Morgan fingerprint density at radius 2 is 1.70 bits per heavy atom. The molecule has 0 saturated heterocycles. The molecule has 0 fully saturated rings. The number of ether oxygens (including phenoxy) is 2. The van der Waals surface area contributed by atoms with Crippen LogP contribution in [0.15, 0.2) is 54.6 Å². The average molecular weight is 410 g/mol. The number of rotatable bonds is 7. The van der Waals surface area contributed by atoms with Crippen LogP contribution in [0.4, 0.5) is 10.1 Å². The highest BCUT2D eigenvalue weighted by Gasteiger charge is 2.19. The first-order valence-corrected chi connectivity index (χ1v) is 9.53. The van der Waals surface area contributed by atoms with Crippen LogP contribution in [0.25, 0.3) is 5.69 Å². The van der Waals surface area contributed by atoms with Crippen LogP contribution in [0.1, 0.15) is 28.7 Å². The molecule has 1 amide bonds. The number of halogens is 1. The molecule has 7 heteroatoms. The number of aromatic nitrogens is 1. The van der Waals surface area contributed by atoms with E-state index in [1.165, 1.54) is 12.1 Å². The Morgan fingerprint density at radius 1 is 1.03 bits per heavy atom. The summed E-state index contributed by atoms with van der Waals surface area (Å²) in [7, 11) is 0. The first kappa shape index (κ1) is 21.1. The number of hydrogen-bond acceptors (Lipinski definition) is 4. The topological polar surface area (TPSA) is 69.6 Å². The summed E-state index contributed by atoms with van der Waals surface area (Å²) in [5.41, 5.74) is 3.11. The number of nitrogens with zero attached hydrogens (tertiary/aromatic N) is 1. The largest absolute Gasteiger partial charge is 0.494 e. The van der Waals surface area contributed by atoms with Gasteiger partial charge in [-0.2, -0.15) is 0 Å². The highest BCUT2D eigenvalue weighted by Crippen LogP contribution is 2.22. The number of carbonyl (C=O) groups is 2. The number of esters is 1. The highest BCUT2D eigenvalue weighted by atomic mass is 19.1. The predicted octanol–water partition coefficient (Wildman–Crippen LogP) is 4.43. The fourth-order valence-electron chi connectivity index (χ4n) is 3.16. The van der Waals surface area contributed by atoms with Gasteiger partial charge in [0.25, 0.3) is 5.91 Å². The van der Waals surface area contributed by atoms with Crippen molar-refractivity contribution in [3.05, 3.63) is 77.4 Å². The molecule has 1 aromatic heterocycles. The van der Waals surface area contributed by atoms with Gasteiger partial charge in [-0.05, 0) is 75.4 Å². The second kappa shape index (κ2) is 9.26. The Morgan fingerprint density at radius 3 is 2.33 bits per heavy atom. The SMILES string of the molecule is CCOc1ccc(NC(=O)COC(=O)c2cc(C)n(-c3ccc(F)cc3)c2C)cc1. The molecule has 0 aliphatic heterocycles. The average Bonchev–Trinajstić information content (AvgIpc) is 3.03. The van der Waals surface area contributed by atoms with E-state index in [2.05, 4.69) is 5.32 Å². The number of anilines is 1. The van der Waals surface area contributed by atoms with Gasteiger partial charge in [-0.15, -0.1) is 0 Å². The van der Waals surface area contributed by atoms with Crippen molar-refractivity contribution in [1.29, 1.82) is 0 Å². The maximum Gasteiger partial charge on any atom is 0.340 e. The van der Waals surface area contributed by atoms with Crippen LogP contribution >= 0.6 is 0 Å². The molecule has 1 N–H and O–H groups in total. The summed E-state index contributed by atoms with van der Waals surface area (Å²) >= 11 is 0. The summed E-state index contributed by atoms with van der Waals surface area (Å²) in [6, 6.07) is 14.6. The number of nitrogens with one attached hydrogen (secondary N) is 1. The third-order valence-electron chi connectivity index (χ3n) is 4.52. The lowest BCUT2D eigenvalue weighted by Gasteiger charge is -2.10. The van der Waals surface area contributed by atoms with Crippen LogP contribution in [-0.4, -0.2) is 29.7 Å². The van der Waals surface area contributed by atoms with Crippen LogP contribution < -0.4 is 10.1 Å². The molecule has 6 nitrogen and oxygen atoms in total. The fourth-order valence-corrected chi connectivity index (χ4v) is 3.16. The van der Waals surface area contributed by atoms with Crippen molar-refractivity contribution < 1.29 is 23.5 Å². The molecule has 0 spiro atoms. The Balaban J connectivity index is 1.62. The summed E-state index contributed by atoms with van der Waals surface area (Å²) in [6.07, 6.45) is 0. The molecular weight excluding hydrogens is 387 g/mol. The third kappa shape index (κ3) is 4.86. The van der Waals surface area contributed by atoms with E-state index in [-0.39, 0.29) is 5.82 Å². The van der Waals surface area contributed by atoms with E-state index < -0.39 is 18.5 Å². The van der Waals surface area contributed by atoms with Gasteiger partial charge in [0.1, 0.15) is 11.6 Å². The molecule has 0 aliphatic carbocycles. The number of aryl methyl sites for hydroxylation is 1. The van der Waals surface area contributed by atoms with Gasteiger partial charge in [-0.1, -0.05) is 0 Å². The lowest BCUT2D eigenvalue weighted by atomic mass is 10.2. The molecule has 0 bridgehead atoms. The van der Waals surface area contributed by atoms with Crippen molar-refractivity contribution >= 4 is 17.6 Å². The van der Waals surface area contributed by atoms with Crippen molar-refractivity contribution in [1.82, 2.24) is 4.57 Å². The zero-order valence-corrected chi connectivity index (χ0v) is 17.1. The first-order valence-electron chi connectivity index (χ1n) is 9.53. The van der Waals surface area contributed by atoms with E-state index in [0.717, 1.165) is 11.4 Å². The fraction of sp³-hybridized carbons (Fsp3) is 0.217. The Kier molecular flexibility index (Phi) is 6.51. The van der Waals surface area contributed by atoms with E-state index >= 15 is 0 Å². The smallest absolute Gasteiger partial charge is 0.340 e. The van der Waals surface area contributed by atoms with Crippen LogP contribution in [-0.2, 0) is 9.53 Å². The summed E-state index contributed by atoms with van der Waals surface area (Å²) in [6.45, 7) is 5.65. The van der Waals surface area contributed by atoms with E-state index in [1.54, 1.807) is 49.4 Å². The summed E-state index contributed by atoms with van der Waals surface area (Å²) in [5.74, 6) is -0.670. The van der Waals surface area contributed by atoms with Gasteiger partial charge < -0.3 is 19.4 Å². The standard InChI is InChI=1S/C23H23FN2O4/c1-4-29-20-11-7-18(8-12-20)25-22(27)14-30-23(28)21-13-15(2)26(16(21)3)19-9-5-17(24)6-10-19/h5-13H,4,14H2,1-3H3,(H,25,27). The molecule has 1 heterocycles. The third-order valence-corrected chi connectivity index (χ3v) is 4.52. The van der Waals surface area contributed by atoms with Crippen molar-refractivity contribution in [2.24, 2.45) is 0 Å². The minimum atomic E-state index is -0.599. The minimum absolute atomic E-state index is 0.334. The molecule has 0 aliphatic rings. The van der Waals surface area contributed by atoms with Gasteiger partial charge >= 0.3 is 5.97 Å². The van der Waals surface area contributed by atoms with Crippen molar-refractivity contribution in [2.45, 2.75) is 20.8 Å². The van der Waals surface area contributed by atoms with Crippen molar-refractivity contribution in [3.8, 4) is 11.4 Å². The molecule has 3 aromatic rings. The number of hydrogen-bond donors (Lipinski definition) is 1. The van der Waals surface area contributed by atoms with Gasteiger partial charge in [0, 0.05) is 22.8 Å². The second-order valence-corrected chi connectivity index (χ2v) is 6.68. The summed E-state index contributed by atoms with van der Waals surface area (Å²) in [5, 5.41) is 2.67. The zero-order valence-electron chi connectivity index (χ0n) is 17.1. The first-order chi connectivity index (χ1) is 14.4. The predicted molar refractivity (Wildman–Crippen MR) is 112 cm³/mol. The maximum absolute atomic E-state index is 13.2. The second-order valence-electron chi connectivity index (χ2n) is 6.68. The monoisotopic (exact) mass is 410 g/mol. The van der Waals surface area contributed by atoms with Crippen LogP contribution in [0.5, 0.6) is 5.75 Å². The lowest BCUT2D eigenvalue weighted by molar-refractivity contribution is -0.119. The van der Waals surface area contributed by atoms with Crippen molar-refractivity contribution in [2.75, 3.05) is 18.5 Å². The molecule has 156 valence electrons. The molecule has 0 radical (unpaired) electrons. The van der Waals surface area contributed by atoms with E-state index in [1.807, 2.05) is 18.4 Å². The van der Waals surface area contributed by atoms with E-state index in [4.69, 9.17) is 9.47 Å². The molecule has 0 saturated carbocycles. The molecule has 0 unspecified atom stereocenters. The maximum atomic E-state index is 13.2. The Bertz CT molecular complexity index is 1040.